The molecule has 2 heterocycles. The number of nitrogens with one attached hydrogen (secondary N) is 1. The first-order valence-corrected chi connectivity index (χ1v) is 13.2. The first-order valence-electron chi connectivity index (χ1n) is 12.5. The van der Waals surface area contributed by atoms with Crippen molar-refractivity contribution in [1.29, 1.82) is 0 Å². The minimum atomic E-state index is -0.486. The van der Waals surface area contributed by atoms with E-state index in [1.165, 1.54) is 6.07 Å². The monoisotopic (exact) mass is 544 g/mol. The van der Waals surface area contributed by atoms with Crippen LogP contribution >= 0.6 is 23.2 Å². The highest BCUT2D eigenvalue weighted by molar-refractivity contribution is 6.36. The molecular formula is C30H26Cl2N4O2. The number of nitrogens with zero attached hydrogens (tertiary/aromatic N) is 3. The number of piperidine rings is 1. The van der Waals surface area contributed by atoms with Crippen molar-refractivity contribution in [3.8, 4) is 16.9 Å². The van der Waals surface area contributed by atoms with E-state index < -0.39 is 5.91 Å². The zero-order valence-corrected chi connectivity index (χ0v) is 22.1. The van der Waals surface area contributed by atoms with Gasteiger partial charge in [0.15, 0.2) is 0 Å². The van der Waals surface area contributed by atoms with Crippen molar-refractivity contribution in [1.82, 2.24) is 20.0 Å². The molecule has 2 amide bonds. The van der Waals surface area contributed by atoms with Crippen LogP contribution in [0.5, 0.6) is 0 Å². The van der Waals surface area contributed by atoms with Crippen LogP contribution in [0.4, 0.5) is 0 Å². The van der Waals surface area contributed by atoms with E-state index in [-0.39, 0.29) is 22.2 Å². The van der Waals surface area contributed by atoms with Gasteiger partial charge in [0.05, 0.1) is 16.3 Å². The van der Waals surface area contributed by atoms with Crippen molar-refractivity contribution in [3.05, 3.63) is 112 Å². The molecule has 0 saturated carbocycles. The number of amides is 2. The third-order valence-electron chi connectivity index (χ3n) is 6.41. The maximum absolute atomic E-state index is 13.7. The first-order chi connectivity index (χ1) is 18.5. The number of carbonyl (C=O) groups excluding carboxylic acids is 2. The Morgan fingerprint density at radius 2 is 1.55 bits per heavy atom. The average Bonchev–Trinajstić information content (AvgIpc) is 3.37. The SMILES string of the molecule is O=C(N/C(=C/c1cn(-c2ccccc2)nc1-c1ccccc1)C(=O)N1CCCCC1)c1ccc(Cl)cc1Cl. The fraction of sp³-hybridized carbons (Fsp3) is 0.167. The van der Waals surface area contributed by atoms with Crippen molar-refractivity contribution in [2.24, 2.45) is 0 Å². The molecule has 1 aromatic heterocycles. The van der Waals surface area contributed by atoms with Gasteiger partial charge in [-0.2, -0.15) is 5.10 Å². The summed E-state index contributed by atoms with van der Waals surface area (Å²) in [7, 11) is 0. The molecule has 1 N–H and O–H groups in total. The van der Waals surface area contributed by atoms with Gasteiger partial charge >= 0.3 is 0 Å². The molecule has 0 bridgehead atoms. The summed E-state index contributed by atoms with van der Waals surface area (Å²) < 4.78 is 1.77. The van der Waals surface area contributed by atoms with E-state index >= 15 is 0 Å². The molecule has 4 aromatic rings. The number of rotatable bonds is 6. The summed E-state index contributed by atoms with van der Waals surface area (Å²) in [5.41, 5.74) is 3.56. The van der Waals surface area contributed by atoms with E-state index in [4.69, 9.17) is 28.3 Å². The predicted octanol–water partition coefficient (Wildman–Crippen LogP) is 6.63. The molecule has 1 aliphatic rings. The second-order valence-electron chi connectivity index (χ2n) is 9.07. The summed E-state index contributed by atoms with van der Waals surface area (Å²) in [5.74, 6) is -0.727. The molecule has 1 saturated heterocycles. The fourth-order valence-electron chi connectivity index (χ4n) is 4.46. The molecule has 0 spiro atoms. The number of carbonyl (C=O) groups is 2. The standard InChI is InChI=1S/C30H26Cl2N4O2/c31-23-14-15-25(26(32)19-23)29(37)33-27(30(38)35-16-8-3-9-17-35)18-22-20-36(24-12-6-2-7-13-24)34-28(22)21-10-4-1-5-11-21/h1-2,4-7,10-15,18-20H,3,8-9,16-17H2,(H,33,37)/b27-18+. The van der Waals surface area contributed by atoms with Crippen LogP contribution < -0.4 is 5.32 Å². The summed E-state index contributed by atoms with van der Waals surface area (Å²) >= 11 is 12.3. The number of halogens is 2. The molecular weight excluding hydrogens is 519 g/mol. The largest absolute Gasteiger partial charge is 0.337 e. The predicted molar refractivity (Wildman–Crippen MR) is 151 cm³/mol. The Morgan fingerprint density at radius 1 is 0.868 bits per heavy atom. The summed E-state index contributed by atoms with van der Waals surface area (Å²) in [6, 6.07) is 24.1. The van der Waals surface area contributed by atoms with Gasteiger partial charge in [0.25, 0.3) is 11.8 Å². The van der Waals surface area contributed by atoms with E-state index in [0.29, 0.717) is 29.4 Å². The van der Waals surface area contributed by atoms with Crippen molar-refractivity contribution in [2.75, 3.05) is 13.1 Å². The van der Waals surface area contributed by atoms with Crippen LogP contribution in [0.25, 0.3) is 23.0 Å². The first kappa shape index (κ1) is 25.8. The van der Waals surface area contributed by atoms with E-state index in [2.05, 4.69) is 5.32 Å². The Kier molecular flexibility index (Phi) is 7.91. The van der Waals surface area contributed by atoms with Gasteiger partial charge < -0.3 is 10.2 Å². The zero-order valence-electron chi connectivity index (χ0n) is 20.6. The molecule has 0 atom stereocenters. The number of hydrogen-bond acceptors (Lipinski definition) is 3. The van der Waals surface area contributed by atoms with Gasteiger partial charge in [-0.05, 0) is 55.7 Å². The van der Waals surface area contributed by atoms with E-state index in [0.717, 1.165) is 30.5 Å². The number of hydrogen-bond donors (Lipinski definition) is 1. The zero-order chi connectivity index (χ0) is 26.5. The quantitative estimate of drug-likeness (QED) is 0.277. The fourth-order valence-corrected chi connectivity index (χ4v) is 4.96. The van der Waals surface area contributed by atoms with Gasteiger partial charge in [0, 0.05) is 35.4 Å². The van der Waals surface area contributed by atoms with Crippen LogP contribution in [0.3, 0.4) is 0 Å². The number of likely N-dealkylation sites (tertiary alicyclic amines) is 1. The third-order valence-corrected chi connectivity index (χ3v) is 6.96. The van der Waals surface area contributed by atoms with Crippen LogP contribution in [-0.2, 0) is 4.79 Å². The number of aromatic nitrogens is 2. The normalized spacial score (nSPS) is 13.8. The second-order valence-corrected chi connectivity index (χ2v) is 9.91. The second kappa shape index (κ2) is 11.7. The van der Waals surface area contributed by atoms with E-state index in [1.54, 1.807) is 27.8 Å². The van der Waals surface area contributed by atoms with Crippen LogP contribution in [-0.4, -0.2) is 39.6 Å². The Hall–Kier alpha value is -3.87. The third kappa shape index (κ3) is 5.82. The maximum Gasteiger partial charge on any atom is 0.270 e. The lowest BCUT2D eigenvalue weighted by molar-refractivity contribution is -0.128. The van der Waals surface area contributed by atoms with E-state index in [1.807, 2.05) is 66.9 Å². The van der Waals surface area contributed by atoms with Gasteiger partial charge in [-0.3, -0.25) is 9.59 Å². The highest BCUT2D eigenvalue weighted by Crippen LogP contribution is 2.27. The lowest BCUT2D eigenvalue weighted by Crippen LogP contribution is -2.41. The number of para-hydroxylation sites is 1. The van der Waals surface area contributed by atoms with Gasteiger partial charge in [0.1, 0.15) is 11.4 Å². The highest BCUT2D eigenvalue weighted by atomic mass is 35.5. The molecule has 38 heavy (non-hydrogen) atoms. The van der Waals surface area contributed by atoms with E-state index in [9.17, 15) is 9.59 Å². The molecule has 1 fully saturated rings. The summed E-state index contributed by atoms with van der Waals surface area (Å²) in [6.45, 7) is 1.28. The Labute approximate surface area is 231 Å². The van der Waals surface area contributed by atoms with Gasteiger partial charge in [0.2, 0.25) is 0 Å². The Balaban J connectivity index is 1.59. The van der Waals surface area contributed by atoms with Gasteiger partial charge in [-0.1, -0.05) is 71.7 Å². The minimum absolute atomic E-state index is 0.160. The molecule has 5 rings (SSSR count). The van der Waals surface area contributed by atoms with Gasteiger partial charge in [-0.15, -0.1) is 0 Å². The lowest BCUT2D eigenvalue weighted by atomic mass is 10.1. The lowest BCUT2D eigenvalue weighted by Gasteiger charge is -2.27. The molecule has 6 nitrogen and oxygen atoms in total. The Morgan fingerprint density at radius 3 is 2.24 bits per heavy atom. The van der Waals surface area contributed by atoms with Crippen LogP contribution in [0.15, 0.2) is 90.8 Å². The van der Waals surface area contributed by atoms with Crippen LogP contribution in [0, 0.1) is 0 Å². The summed E-state index contributed by atoms with van der Waals surface area (Å²) in [6.07, 6.45) is 6.50. The highest BCUT2D eigenvalue weighted by Gasteiger charge is 2.24. The molecule has 8 heteroatoms. The van der Waals surface area contributed by atoms with Crippen LogP contribution in [0.1, 0.15) is 35.2 Å². The van der Waals surface area contributed by atoms with Crippen molar-refractivity contribution >= 4 is 41.1 Å². The van der Waals surface area contributed by atoms with Gasteiger partial charge in [-0.25, -0.2) is 4.68 Å². The topological polar surface area (TPSA) is 67.2 Å². The molecule has 0 radical (unpaired) electrons. The molecule has 0 aliphatic carbocycles. The van der Waals surface area contributed by atoms with Crippen molar-refractivity contribution in [3.63, 3.8) is 0 Å². The number of benzene rings is 3. The molecule has 1 aliphatic heterocycles. The van der Waals surface area contributed by atoms with Crippen molar-refractivity contribution < 1.29 is 9.59 Å². The molecule has 0 unspecified atom stereocenters. The smallest absolute Gasteiger partial charge is 0.270 e. The van der Waals surface area contributed by atoms with Crippen LogP contribution in [0.2, 0.25) is 10.0 Å². The summed E-state index contributed by atoms with van der Waals surface area (Å²) in [5, 5.41) is 8.30. The average molecular weight is 545 g/mol. The maximum atomic E-state index is 13.7. The molecule has 192 valence electrons. The molecule has 3 aromatic carbocycles. The summed E-state index contributed by atoms with van der Waals surface area (Å²) in [4.78, 5) is 28.8. The Bertz CT molecular complexity index is 1480. The minimum Gasteiger partial charge on any atom is -0.337 e. The van der Waals surface area contributed by atoms with Crippen molar-refractivity contribution in [2.45, 2.75) is 19.3 Å².